The highest BCUT2D eigenvalue weighted by Gasteiger charge is 2.28. The third-order valence-corrected chi connectivity index (χ3v) is 3.34. The lowest BCUT2D eigenvalue weighted by atomic mass is 10.3. The van der Waals surface area contributed by atoms with Crippen molar-refractivity contribution in [2.24, 2.45) is 0 Å². The summed E-state index contributed by atoms with van der Waals surface area (Å²) in [5.41, 5.74) is 0.926. The summed E-state index contributed by atoms with van der Waals surface area (Å²) in [5, 5.41) is 3.24. The Bertz CT molecular complexity index is 352. The minimum atomic E-state index is 0.515. The maximum absolute atomic E-state index is 5.15. The van der Waals surface area contributed by atoms with Gasteiger partial charge in [-0.15, -0.1) is 0 Å². The number of anilines is 1. The van der Waals surface area contributed by atoms with Crippen LogP contribution in [0.25, 0.3) is 0 Å². The van der Waals surface area contributed by atoms with Gasteiger partial charge in [-0.2, -0.15) is 0 Å². The topological polar surface area (TPSA) is 47.0 Å². The van der Waals surface area contributed by atoms with Crippen LogP contribution in [-0.4, -0.2) is 23.6 Å². The average molecular weight is 286 g/mol. The van der Waals surface area contributed by atoms with Crippen LogP contribution in [0.15, 0.2) is 4.47 Å². The fourth-order valence-corrected chi connectivity index (χ4v) is 1.99. The Morgan fingerprint density at radius 2 is 2.19 bits per heavy atom. The van der Waals surface area contributed by atoms with Crippen molar-refractivity contribution in [3.8, 4) is 0 Å². The largest absolute Gasteiger partial charge is 0.378 e. The molecule has 1 aromatic rings. The van der Waals surface area contributed by atoms with E-state index >= 15 is 0 Å². The smallest absolute Gasteiger partial charge is 0.144 e. The van der Waals surface area contributed by atoms with E-state index in [0.717, 1.165) is 28.4 Å². The molecule has 2 rings (SSSR count). The molecule has 0 saturated heterocycles. The highest BCUT2D eigenvalue weighted by Crippen LogP contribution is 2.39. The first kappa shape index (κ1) is 11.8. The molecule has 5 heteroatoms. The molecule has 0 spiro atoms. The van der Waals surface area contributed by atoms with Crippen LogP contribution in [0.4, 0.5) is 5.82 Å². The molecule has 0 aromatic carbocycles. The van der Waals surface area contributed by atoms with Crippen LogP contribution < -0.4 is 5.32 Å². The maximum atomic E-state index is 5.15. The zero-order chi connectivity index (χ0) is 11.5. The van der Waals surface area contributed by atoms with E-state index in [1.165, 1.54) is 12.8 Å². The van der Waals surface area contributed by atoms with Gasteiger partial charge in [-0.25, -0.2) is 9.97 Å². The van der Waals surface area contributed by atoms with Gasteiger partial charge in [0.15, 0.2) is 0 Å². The first-order valence-electron chi connectivity index (χ1n) is 5.55. The Kier molecular flexibility index (Phi) is 3.76. The summed E-state index contributed by atoms with van der Waals surface area (Å²) in [6.07, 6.45) is 2.42. The predicted molar refractivity (Wildman–Crippen MR) is 66.6 cm³/mol. The summed E-state index contributed by atoms with van der Waals surface area (Å²) >= 11 is 3.52. The van der Waals surface area contributed by atoms with E-state index in [0.29, 0.717) is 12.5 Å². The Morgan fingerprint density at radius 1 is 1.44 bits per heavy atom. The molecule has 0 atom stereocenters. The van der Waals surface area contributed by atoms with E-state index < -0.39 is 0 Å². The Morgan fingerprint density at radius 3 is 2.75 bits per heavy atom. The van der Waals surface area contributed by atoms with Crippen molar-refractivity contribution in [2.45, 2.75) is 32.3 Å². The van der Waals surface area contributed by atoms with Gasteiger partial charge in [0.25, 0.3) is 0 Å². The standard InChI is InChI=1S/C11H16BrN3O/c1-3-13-11-9(12)8(6-16-2)14-10(15-11)7-4-5-7/h7H,3-6H2,1-2H3,(H,13,14,15). The quantitative estimate of drug-likeness (QED) is 0.904. The highest BCUT2D eigenvalue weighted by atomic mass is 79.9. The molecular weight excluding hydrogens is 270 g/mol. The molecule has 1 aliphatic carbocycles. The molecule has 0 amide bonds. The average Bonchev–Trinajstić information content (AvgIpc) is 3.08. The lowest BCUT2D eigenvalue weighted by Gasteiger charge is -2.11. The van der Waals surface area contributed by atoms with Gasteiger partial charge in [0.1, 0.15) is 11.6 Å². The monoisotopic (exact) mass is 285 g/mol. The van der Waals surface area contributed by atoms with Crippen LogP contribution in [0, 0.1) is 0 Å². The van der Waals surface area contributed by atoms with E-state index in [-0.39, 0.29) is 0 Å². The van der Waals surface area contributed by atoms with Crippen LogP contribution in [0.1, 0.15) is 37.2 Å². The third-order valence-electron chi connectivity index (χ3n) is 2.50. The van der Waals surface area contributed by atoms with Crippen molar-refractivity contribution >= 4 is 21.7 Å². The van der Waals surface area contributed by atoms with E-state index in [4.69, 9.17) is 4.74 Å². The van der Waals surface area contributed by atoms with Crippen LogP contribution in [0.5, 0.6) is 0 Å². The zero-order valence-electron chi connectivity index (χ0n) is 9.59. The zero-order valence-corrected chi connectivity index (χ0v) is 11.2. The van der Waals surface area contributed by atoms with Gasteiger partial charge < -0.3 is 10.1 Å². The minimum absolute atomic E-state index is 0.515. The van der Waals surface area contributed by atoms with Crippen LogP contribution >= 0.6 is 15.9 Å². The Hall–Kier alpha value is -0.680. The van der Waals surface area contributed by atoms with Gasteiger partial charge in [0.2, 0.25) is 0 Å². The Labute approximate surface area is 104 Å². The summed E-state index contributed by atoms with van der Waals surface area (Å²) in [7, 11) is 1.68. The number of rotatable bonds is 5. The summed E-state index contributed by atoms with van der Waals surface area (Å²) in [6.45, 7) is 3.43. The molecule has 1 fully saturated rings. The number of hydrogen-bond donors (Lipinski definition) is 1. The molecule has 0 unspecified atom stereocenters. The van der Waals surface area contributed by atoms with Crippen molar-refractivity contribution in [1.29, 1.82) is 0 Å². The molecule has 0 radical (unpaired) electrons. The summed E-state index contributed by atoms with van der Waals surface area (Å²) in [5.74, 6) is 2.39. The van der Waals surface area contributed by atoms with E-state index in [2.05, 4.69) is 38.1 Å². The second kappa shape index (κ2) is 5.10. The number of ether oxygens (including phenoxy) is 1. The predicted octanol–water partition coefficient (Wildman–Crippen LogP) is 2.69. The fourth-order valence-electron chi connectivity index (χ4n) is 1.55. The number of nitrogens with one attached hydrogen (secondary N) is 1. The number of nitrogens with zero attached hydrogens (tertiary/aromatic N) is 2. The molecule has 0 aliphatic heterocycles. The molecule has 88 valence electrons. The molecule has 1 aliphatic rings. The molecule has 1 saturated carbocycles. The van der Waals surface area contributed by atoms with Gasteiger partial charge in [-0.1, -0.05) is 0 Å². The number of aromatic nitrogens is 2. The van der Waals surface area contributed by atoms with Crippen LogP contribution in [0.3, 0.4) is 0 Å². The molecule has 0 bridgehead atoms. The number of methoxy groups -OCH3 is 1. The molecule has 16 heavy (non-hydrogen) atoms. The second-order valence-corrected chi connectivity index (χ2v) is 4.72. The van der Waals surface area contributed by atoms with Gasteiger partial charge in [0, 0.05) is 19.6 Å². The lowest BCUT2D eigenvalue weighted by molar-refractivity contribution is 0.180. The third kappa shape index (κ3) is 2.52. The normalized spacial score (nSPS) is 15.2. The van der Waals surface area contributed by atoms with Crippen molar-refractivity contribution in [3.63, 3.8) is 0 Å². The Balaban J connectivity index is 2.34. The maximum Gasteiger partial charge on any atom is 0.144 e. The summed E-state index contributed by atoms with van der Waals surface area (Å²) < 4.78 is 6.07. The fraction of sp³-hybridized carbons (Fsp3) is 0.636. The molecular formula is C11H16BrN3O. The molecule has 1 aromatic heterocycles. The van der Waals surface area contributed by atoms with Crippen molar-refractivity contribution in [2.75, 3.05) is 19.0 Å². The van der Waals surface area contributed by atoms with Crippen LogP contribution in [-0.2, 0) is 11.3 Å². The molecule has 1 N–H and O–H groups in total. The van der Waals surface area contributed by atoms with Gasteiger partial charge in [0.05, 0.1) is 16.8 Å². The van der Waals surface area contributed by atoms with Crippen molar-refractivity contribution in [1.82, 2.24) is 9.97 Å². The molecule has 4 nitrogen and oxygen atoms in total. The lowest BCUT2D eigenvalue weighted by Crippen LogP contribution is -2.08. The van der Waals surface area contributed by atoms with Gasteiger partial charge in [-0.3, -0.25) is 0 Å². The second-order valence-electron chi connectivity index (χ2n) is 3.93. The van der Waals surface area contributed by atoms with Crippen molar-refractivity contribution in [3.05, 3.63) is 16.0 Å². The first-order valence-corrected chi connectivity index (χ1v) is 6.34. The molecule has 1 heterocycles. The van der Waals surface area contributed by atoms with E-state index in [9.17, 15) is 0 Å². The van der Waals surface area contributed by atoms with Gasteiger partial charge >= 0.3 is 0 Å². The van der Waals surface area contributed by atoms with E-state index in [1.807, 2.05) is 0 Å². The first-order chi connectivity index (χ1) is 7.76. The van der Waals surface area contributed by atoms with Crippen LogP contribution in [0.2, 0.25) is 0 Å². The van der Waals surface area contributed by atoms with E-state index in [1.54, 1.807) is 7.11 Å². The SMILES string of the molecule is CCNc1nc(C2CC2)nc(COC)c1Br. The summed E-state index contributed by atoms with van der Waals surface area (Å²) in [4.78, 5) is 9.09. The highest BCUT2D eigenvalue weighted by molar-refractivity contribution is 9.10. The number of hydrogen-bond acceptors (Lipinski definition) is 4. The van der Waals surface area contributed by atoms with Crippen molar-refractivity contribution < 1.29 is 4.74 Å². The summed E-state index contributed by atoms with van der Waals surface area (Å²) in [6, 6.07) is 0. The van der Waals surface area contributed by atoms with Gasteiger partial charge in [-0.05, 0) is 35.7 Å². The number of halogens is 1. The minimum Gasteiger partial charge on any atom is -0.378 e.